The molecule has 4 nitrogen and oxygen atoms in total. The molecule has 0 saturated carbocycles. The Labute approximate surface area is 134 Å². The average Bonchev–Trinajstić information content (AvgIpc) is 2.56. The van der Waals surface area contributed by atoms with Gasteiger partial charge in [0.15, 0.2) is 0 Å². The summed E-state index contributed by atoms with van der Waals surface area (Å²) in [4.78, 5) is 16.8. The van der Waals surface area contributed by atoms with E-state index in [0.717, 1.165) is 44.3 Å². The molecule has 0 spiro atoms. The summed E-state index contributed by atoms with van der Waals surface area (Å²) in [6.45, 7) is 9.67. The van der Waals surface area contributed by atoms with Crippen LogP contribution in [0.25, 0.3) is 0 Å². The second-order valence-electron chi connectivity index (χ2n) is 6.00. The predicted octanol–water partition coefficient (Wildman–Crippen LogP) is 2.36. The summed E-state index contributed by atoms with van der Waals surface area (Å²) in [7, 11) is 0. The Morgan fingerprint density at radius 2 is 1.91 bits per heavy atom. The van der Waals surface area contributed by atoms with Crippen LogP contribution in [0.15, 0.2) is 30.3 Å². The highest BCUT2D eigenvalue weighted by molar-refractivity contribution is 5.94. The highest BCUT2D eigenvalue weighted by Gasteiger charge is 2.22. The van der Waals surface area contributed by atoms with Gasteiger partial charge in [0.1, 0.15) is 0 Å². The fourth-order valence-corrected chi connectivity index (χ4v) is 3.08. The van der Waals surface area contributed by atoms with Crippen LogP contribution in [-0.4, -0.2) is 50.1 Å². The van der Waals surface area contributed by atoms with Crippen LogP contribution in [0, 0.1) is 5.92 Å². The third-order valence-corrected chi connectivity index (χ3v) is 4.43. The van der Waals surface area contributed by atoms with Gasteiger partial charge < -0.3 is 10.2 Å². The summed E-state index contributed by atoms with van der Waals surface area (Å²) < 4.78 is 0. The first kappa shape index (κ1) is 17.0. The molecule has 0 aromatic heterocycles. The number of piperidine rings is 1. The molecule has 0 aliphatic carbocycles. The SMILES string of the molecule is CCNCC1CCN(CC(=O)N(CC)c2ccccc2)CC1. The van der Waals surface area contributed by atoms with Crippen molar-refractivity contribution in [3.8, 4) is 0 Å². The standard InChI is InChI=1S/C18H29N3O/c1-3-19-14-16-10-12-20(13-11-16)15-18(22)21(4-2)17-8-6-5-7-9-17/h5-9,16,19H,3-4,10-15H2,1-2H3. The number of likely N-dealkylation sites (N-methyl/N-ethyl adjacent to an activating group) is 1. The number of rotatable bonds is 7. The summed E-state index contributed by atoms with van der Waals surface area (Å²) in [5, 5.41) is 3.43. The molecule has 0 unspecified atom stereocenters. The molecule has 1 fully saturated rings. The van der Waals surface area contributed by atoms with E-state index in [1.54, 1.807) is 0 Å². The fraction of sp³-hybridized carbons (Fsp3) is 0.611. The van der Waals surface area contributed by atoms with E-state index >= 15 is 0 Å². The van der Waals surface area contributed by atoms with Crippen LogP contribution in [0.2, 0.25) is 0 Å². The molecule has 0 bridgehead atoms. The van der Waals surface area contributed by atoms with E-state index in [4.69, 9.17) is 0 Å². The number of nitrogens with one attached hydrogen (secondary N) is 1. The van der Waals surface area contributed by atoms with Gasteiger partial charge in [-0.15, -0.1) is 0 Å². The lowest BCUT2D eigenvalue weighted by atomic mass is 9.97. The zero-order valence-electron chi connectivity index (χ0n) is 13.9. The van der Waals surface area contributed by atoms with Gasteiger partial charge >= 0.3 is 0 Å². The number of carbonyl (C=O) groups excluding carboxylic acids is 1. The normalized spacial score (nSPS) is 16.6. The molecule has 122 valence electrons. The first-order valence-corrected chi connectivity index (χ1v) is 8.53. The maximum absolute atomic E-state index is 12.6. The van der Waals surface area contributed by atoms with Crippen molar-refractivity contribution in [2.45, 2.75) is 26.7 Å². The molecule has 1 aromatic carbocycles. The van der Waals surface area contributed by atoms with Gasteiger partial charge in [0.2, 0.25) is 5.91 Å². The van der Waals surface area contributed by atoms with E-state index < -0.39 is 0 Å². The van der Waals surface area contributed by atoms with Crippen LogP contribution in [-0.2, 0) is 4.79 Å². The van der Waals surface area contributed by atoms with Crippen molar-refractivity contribution in [1.82, 2.24) is 10.2 Å². The minimum absolute atomic E-state index is 0.207. The summed E-state index contributed by atoms with van der Waals surface area (Å²) >= 11 is 0. The second-order valence-corrected chi connectivity index (χ2v) is 6.00. The van der Waals surface area contributed by atoms with Crippen molar-refractivity contribution >= 4 is 11.6 Å². The fourth-order valence-electron chi connectivity index (χ4n) is 3.08. The Bertz CT molecular complexity index is 441. The summed E-state index contributed by atoms with van der Waals surface area (Å²) in [5.74, 6) is 0.974. The van der Waals surface area contributed by atoms with Crippen molar-refractivity contribution < 1.29 is 4.79 Å². The van der Waals surface area contributed by atoms with Crippen LogP contribution < -0.4 is 10.2 Å². The molecule has 2 rings (SSSR count). The maximum Gasteiger partial charge on any atom is 0.241 e. The first-order chi connectivity index (χ1) is 10.7. The van der Waals surface area contributed by atoms with Gasteiger partial charge in [0.05, 0.1) is 6.54 Å². The molecule has 1 aliphatic heterocycles. The minimum atomic E-state index is 0.207. The average molecular weight is 303 g/mol. The van der Waals surface area contributed by atoms with E-state index in [9.17, 15) is 4.79 Å². The largest absolute Gasteiger partial charge is 0.317 e. The maximum atomic E-state index is 12.6. The lowest BCUT2D eigenvalue weighted by Crippen LogP contribution is -2.44. The quantitative estimate of drug-likeness (QED) is 0.840. The van der Waals surface area contributed by atoms with E-state index in [1.165, 1.54) is 12.8 Å². The molecule has 0 atom stereocenters. The third kappa shape index (κ3) is 4.82. The second kappa shape index (κ2) is 8.91. The van der Waals surface area contributed by atoms with Crippen LogP contribution in [0.5, 0.6) is 0 Å². The number of likely N-dealkylation sites (tertiary alicyclic amines) is 1. The Balaban J connectivity index is 1.82. The minimum Gasteiger partial charge on any atom is -0.317 e. The zero-order chi connectivity index (χ0) is 15.8. The van der Waals surface area contributed by atoms with Crippen molar-refractivity contribution in [2.24, 2.45) is 5.92 Å². The predicted molar refractivity (Wildman–Crippen MR) is 92.2 cm³/mol. The van der Waals surface area contributed by atoms with Crippen molar-refractivity contribution in [3.63, 3.8) is 0 Å². The van der Waals surface area contributed by atoms with Gasteiger partial charge in [0, 0.05) is 12.2 Å². The topological polar surface area (TPSA) is 35.6 Å². The molecule has 1 saturated heterocycles. The number of amides is 1. The smallest absolute Gasteiger partial charge is 0.241 e. The van der Waals surface area contributed by atoms with Crippen molar-refractivity contribution in [1.29, 1.82) is 0 Å². The number of carbonyl (C=O) groups is 1. The molecular weight excluding hydrogens is 274 g/mol. The number of hydrogen-bond acceptors (Lipinski definition) is 3. The molecule has 1 N–H and O–H groups in total. The van der Waals surface area contributed by atoms with E-state index in [1.807, 2.05) is 42.2 Å². The van der Waals surface area contributed by atoms with Crippen LogP contribution in [0.4, 0.5) is 5.69 Å². The highest BCUT2D eigenvalue weighted by atomic mass is 16.2. The Kier molecular flexibility index (Phi) is 6.87. The van der Waals surface area contributed by atoms with E-state index in [-0.39, 0.29) is 5.91 Å². The Morgan fingerprint density at radius 3 is 2.50 bits per heavy atom. The molecular formula is C18H29N3O. The van der Waals surface area contributed by atoms with Crippen LogP contribution in [0.3, 0.4) is 0 Å². The molecule has 22 heavy (non-hydrogen) atoms. The summed E-state index contributed by atoms with van der Waals surface area (Å²) in [6, 6.07) is 9.96. The number of anilines is 1. The van der Waals surface area contributed by atoms with Gasteiger partial charge in [0.25, 0.3) is 0 Å². The summed E-state index contributed by atoms with van der Waals surface area (Å²) in [5.41, 5.74) is 0.997. The third-order valence-electron chi connectivity index (χ3n) is 4.43. The molecule has 1 aliphatic rings. The molecule has 4 heteroatoms. The lowest BCUT2D eigenvalue weighted by molar-refractivity contribution is -0.120. The highest BCUT2D eigenvalue weighted by Crippen LogP contribution is 2.18. The van der Waals surface area contributed by atoms with Gasteiger partial charge in [-0.05, 0) is 64.0 Å². The Hall–Kier alpha value is -1.39. The van der Waals surface area contributed by atoms with Gasteiger partial charge in [-0.2, -0.15) is 0 Å². The zero-order valence-corrected chi connectivity index (χ0v) is 13.9. The van der Waals surface area contributed by atoms with Crippen molar-refractivity contribution in [3.05, 3.63) is 30.3 Å². The monoisotopic (exact) mass is 303 g/mol. The van der Waals surface area contributed by atoms with Crippen molar-refractivity contribution in [2.75, 3.05) is 44.2 Å². The van der Waals surface area contributed by atoms with E-state index in [0.29, 0.717) is 6.54 Å². The number of nitrogens with zero attached hydrogens (tertiary/aromatic N) is 2. The van der Waals surface area contributed by atoms with Gasteiger partial charge in [-0.25, -0.2) is 0 Å². The van der Waals surface area contributed by atoms with Gasteiger partial charge in [-0.1, -0.05) is 25.1 Å². The van der Waals surface area contributed by atoms with E-state index in [2.05, 4.69) is 17.1 Å². The number of hydrogen-bond donors (Lipinski definition) is 1. The molecule has 0 radical (unpaired) electrons. The van der Waals surface area contributed by atoms with Crippen LogP contribution in [0.1, 0.15) is 26.7 Å². The molecule has 1 heterocycles. The molecule has 1 aromatic rings. The first-order valence-electron chi connectivity index (χ1n) is 8.53. The molecule has 1 amide bonds. The Morgan fingerprint density at radius 1 is 1.23 bits per heavy atom. The lowest BCUT2D eigenvalue weighted by Gasteiger charge is -2.33. The van der Waals surface area contributed by atoms with Crippen LogP contribution >= 0.6 is 0 Å². The summed E-state index contributed by atoms with van der Waals surface area (Å²) in [6.07, 6.45) is 2.38. The van der Waals surface area contributed by atoms with Gasteiger partial charge in [-0.3, -0.25) is 9.69 Å². The number of para-hydroxylation sites is 1. The number of benzene rings is 1.